The summed E-state index contributed by atoms with van der Waals surface area (Å²) in [6.45, 7) is 4.73. The number of nitrogens with one attached hydrogen (secondary N) is 1. The SMILES string of the molecule is NC(=S)N/N=C/c1cccc(-c2ccc(N3CCN(Cc4ccccc4Cl)CC3)nc2)c1. The zero-order chi connectivity index (χ0) is 22.3. The molecule has 32 heavy (non-hydrogen) atoms. The van der Waals surface area contributed by atoms with Gasteiger partial charge in [-0.25, -0.2) is 4.98 Å². The first-order valence-electron chi connectivity index (χ1n) is 10.4. The number of nitrogens with zero attached hydrogens (tertiary/aromatic N) is 4. The number of hydrazone groups is 1. The van der Waals surface area contributed by atoms with Gasteiger partial charge in [0.05, 0.1) is 6.21 Å². The van der Waals surface area contributed by atoms with Crippen molar-refractivity contribution in [2.75, 3.05) is 31.1 Å². The molecule has 0 atom stereocenters. The van der Waals surface area contributed by atoms with Crippen LogP contribution in [0, 0.1) is 0 Å². The molecule has 2 heterocycles. The molecule has 3 N–H and O–H groups in total. The number of benzene rings is 2. The number of aromatic nitrogens is 1. The number of hydrogen-bond donors (Lipinski definition) is 2. The highest BCUT2D eigenvalue weighted by Gasteiger charge is 2.18. The summed E-state index contributed by atoms with van der Waals surface area (Å²) in [4.78, 5) is 9.49. The minimum absolute atomic E-state index is 0.141. The summed E-state index contributed by atoms with van der Waals surface area (Å²) in [7, 11) is 0. The first-order valence-corrected chi connectivity index (χ1v) is 11.2. The second kappa shape index (κ2) is 10.5. The van der Waals surface area contributed by atoms with E-state index in [4.69, 9.17) is 34.5 Å². The molecule has 2 aromatic carbocycles. The van der Waals surface area contributed by atoms with E-state index in [1.165, 1.54) is 5.56 Å². The van der Waals surface area contributed by atoms with Gasteiger partial charge >= 0.3 is 0 Å². The van der Waals surface area contributed by atoms with Crippen LogP contribution in [0.15, 0.2) is 72.0 Å². The van der Waals surface area contributed by atoms with E-state index in [1.54, 1.807) is 6.21 Å². The fourth-order valence-corrected chi connectivity index (χ4v) is 3.96. The third-order valence-electron chi connectivity index (χ3n) is 5.40. The molecule has 0 unspecified atom stereocenters. The van der Waals surface area contributed by atoms with E-state index in [0.29, 0.717) is 0 Å². The number of thiocarbonyl (C=S) groups is 1. The lowest BCUT2D eigenvalue weighted by Crippen LogP contribution is -2.46. The Balaban J connectivity index is 1.36. The van der Waals surface area contributed by atoms with Gasteiger partial charge in [-0.15, -0.1) is 0 Å². The molecule has 6 nitrogen and oxygen atoms in total. The quantitative estimate of drug-likeness (QED) is 0.327. The Morgan fingerprint density at radius 2 is 1.88 bits per heavy atom. The summed E-state index contributed by atoms with van der Waals surface area (Å²) < 4.78 is 0. The molecule has 1 fully saturated rings. The van der Waals surface area contributed by atoms with Gasteiger partial charge in [-0.1, -0.05) is 48.0 Å². The molecule has 0 bridgehead atoms. The Bertz CT molecular complexity index is 1090. The number of pyridine rings is 1. The van der Waals surface area contributed by atoms with Gasteiger partial charge in [-0.3, -0.25) is 10.3 Å². The summed E-state index contributed by atoms with van der Waals surface area (Å²) in [5, 5.41) is 4.99. The van der Waals surface area contributed by atoms with Crippen molar-refractivity contribution >= 4 is 41.0 Å². The third-order valence-corrected chi connectivity index (χ3v) is 5.86. The molecule has 0 aliphatic carbocycles. The number of piperazine rings is 1. The van der Waals surface area contributed by atoms with Crippen molar-refractivity contribution in [1.29, 1.82) is 0 Å². The van der Waals surface area contributed by atoms with Crippen LogP contribution in [0.2, 0.25) is 5.02 Å². The van der Waals surface area contributed by atoms with Crippen molar-refractivity contribution in [3.05, 3.63) is 83.0 Å². The molecule has 1 aliphatic heterocycles. The molecular weight excluding hydrogens is 440 g/mol. The van der Waals surface area contributed by atoms with E-state index in [-0.39, 0.29) is 5.11 Å². The molecule has 3 aromatic rings. The first-order chi connectivity index (χ1) is 15.6. The average molecular weight is 465 g/mol. The van der Waals surface area contributed by atoms with Gasteiger partial charge in [0.2, 0.25) is 0 Å². The Morgan fingerprint density at radius 3 is 2.59 bits per heavy atom. The number of halogens is 1. The molecule has 0 spiro atoms. The number of anilines is 1. The molecule has 1 saturated heterocycles. The molecular formula is C24H25ClN6S. The smallest absolute Gasteiger partial charge is 0.184 e. The third kappa shape index (κ3) is 5.82. The van der Waals surface area contributed by atoms with Gasteiger partial charge in [-0.2, -0.15) is 5.10 Å². The maximum Gasteiger partial charge on any atom is 0.184 e. The van der Waals surface area contributed by atoms with Gasteiger partial charge in [-0.05, 0) is 53.2 Å². The van der Waals surface area contributed by atoms with E-state index in [1.807, 2.05) is 36.5 Å². The monoisotopic (exact) mass is 464 g/mol. The molecule has 4 rings (SSSR count). The fourth-order valence-electron chi connectivity index (χ4n) is 3.72. The van der Waals surface area contributed by atoms with Gasteiger partial charge in [0.15, 0.2) is 5.11 Å². The Hall–Kier alpha value is -3.00. The summed E-state index contributed by atoms with van der Waals surface area (Å²) in [5.41, 5.74) is 12.2. The lowest BCUT2D eigenvalue weighted by atomic mass is 10.1. The first kappa shape index (κ1) is 22.2. The van der Waals surface area contributed by atoms with Crippen molar-refractivity contribution in [2.24, 2.45) is 10.8 Å². The van der Waals surface area contributed by atoms with Gasteiger partial charge in [0, 0.05) is 49.5 Å². The lowest BCUT2D eigenvalue weighted by Gasteiger charge is -2.35. The zero-order valence-electron chi connectivity index (χ0n) is 17.6. The van der Waals surface area contributed by atoms with Crippen molar-refractivity contribution in [3.63, 3.8) is 0 Å². The molecule has 0 saturated carbocycles. The predicted octanol–water partition coefficient (Wildman–Crippen LogP) is 3.89. The van der Waals surface area contributed by atoms with Gasteiger partial charge in [0.1, 0.15) is 5.82 Å². The minimum Gasteiger partial charge on any atom is -0.375 e. The summed E-state index contributed by atoms with van der Waals surface area (Å²) in [5.74, 6) is 1.00. The Morgan fingerprint density at radius 1 is 1.06 bits per heavy atom. The van der Waals surface area contributed by atoms with Crippen molar-refractivity contribution in [3.8, 4) is 11.1 Å². The van der Waals surface area contributed by atoms with Crippen LogP contribution >= 0.6 is 23.8 Å². The Labute approximate surface area is 198 Å². The molecule has 1 aliphatic rings. The topological polar surface area (TPSA) is 69.8 Å². The van der Waals surface area contributed by atoms with Crippen molar-refractivity contribution < 1.29 is 0 Å². The van der Waals surface area contributed by atoms with Crippen LogP contribution in [-0.4, -0.2) is 47.4 Å². The molecule has 8 heteroatoms. The fraction of sp³-hybridized carbons (Fsp3) is 0.208. The second-order valence-electron chi connectivity index (χ2n) is 7.62. The van der Waals surface area contributed by atoms with Crippen LogP contribution in [0.4, 0.5) is 5.82 Å². The maximum atomic E-state index is 6.31. The van der Waals surface area contributed by atoms with Crippen LogP contribution in [-0.2, 0) is 6.54 Å². The van der Waals surface area contributed by atoms with Crippen LogP contribution in [0.25, 0.3) is 11.1 Å². The van der Waals surface area contributed by atoms with E-state index < -0.39 is 0 Å². The van der Waals surface area contributed by atoms with E-state index >= 15 is 0 Å². The standard InChI is InChI=1S/C24H25ClN6S/c25-22-7-2-1-5-21(22)17-30-10-12-31(13-11-30)23-9-8-20(16-27-23)19-6-3-4-18(14-19)15-28-29-24(26)32/h1-9,14-16H,10-13,17H2,(H3,26,29,32)/b28-15+. The molecule has 0 radical (unpaired) electrons. The average Bonchev–Trinajstić information content (AvgIpc) is 2.81. The van der Waals surface area contributed by atoms with Gasteiger partial charge < -0.3 is 10.6 Å². The molecule has 164 valence electrons. The molecule has 0 amide bonds. The summed E-state index contributed by atoms with van der Waals surface area (Å²) in [6.07, 6.45) is 3.61. The largest absolute Gasteiger partial charge is 0.375 e. The van der Waals surface area contributed by atoms with E-state index in [0.717, 1.165) is 60.3 Å². The summed E-state index contributed by atoms with van der Waals surface area (Å²) >= 11 is 11.1. The highest BCUT2D eigenvalue weighted by atomic mass is 35.5. The normalized spacial score (nSPS) is 14.6. The van der Waals surface area contributed by atoms with E-state index in [9.17, 15) is 0 Å². The highest BCUT2D eigenvalue weighted by Crippen LogP contribution is 2.23. The van der Waals surface area contributed by atoms with Crippen LogP contribution in [0.1, 0.15) is 11.1 Å². The summed E-state index contributed by atoms with van der Waals surface area (Å²) in [6, 6.07) is 20.3. The highest BCUT2D eigenvalue weighted by molar-refractivity contribution is 7.80. The van der Waals surface area contributed by atoms with Crippen molar-refractivity contribution in [1.82, 2.24) is 15.3 Å². The number of hydrogen-bond acceptors (Lipinski definition) is 5. The number of nitrogens with two attached hydrogens (primary N) is 1. The van der Waals surface area contributed by atoms with Gasteiger partial charge in [0.25, 0.3) is 0 Å². The second-order valence-corrected chi connectivity index (χ2v) is 8.47. The molecule has 1 aromatic heterocycles. The minimum atomic E-state index is 0.141. The lowest BCUT2D eigenvalue weighted by molar-refractivity contribution is 0.249. The van der Waals surface area contributed by atoms with E-state index in [2.05, 4.69) is 50.7 Å². The predicted molar refractivity (Wildman–Crippen MR) is 136 cm³/mol. The van der Waals surface area contributed by atoms with Crippen molar-refractivity contribution in [2.45, 2.75) is 6.54 Å². The van der Waals surface area contributed by atoms with Crippen LogP contribution in [0.5, 0.6) is 0 Å². The zero-order valence-corrected chi connectivity index (χ0v) is 19.2. The number of rotatable bonds is 6. The van der Waals surface area contributed by atoms with Crippen LogP contribution < -0.4 is 16.1 Å². The Kier molecular flexibility index (Phi) is 7.32. The maximum absolute atomic E-state index is 6.31. The van der Waals surface area contributed by atoms with Crippen LogP contribution in [0.3, 0.4) is 0 Å².